The molecular weight excluding hydrogens is 240 g/mol. The summed E-state index contributed by atoms with van der Waals surface area (Å²) in [5.74, 6) is 1.33. The maximum atomic E-state index is 9.78. The van der Waals surface area contributed by atoms with Crippen molar-refractivity contribution in [2.45, 2.75) is 25.4 Å². The van der Waals surface area contributed by atoms with Crippen LogP contribution in [0.4, 0.5) is 0 Å². The molecule has 0 saturated heterocycles. The Balaban J connectivity index is 2.44. The van der Waals surface area contributed by atoms with Gasteiger partial charge < -0.3 is 14.6 Å². The van der Waals surface area contributed by atoms with E-state index in [0.29, 0.717) is 11.6 Å². The monoisotopic (exact) mass is 256 g/mol. The molecule has 1 aliphatic rings. The van der Waals surface area contributed by atoms with Crippen LogP contribution >= 0.6 is 11.6 Å². The highest BCUT2D eigenvalue weighted by atomic mass is 35.5. The van der Waals surface area contributed by atoms with E-state index in [-0.39, 0.29) is 11.9 Å². The summed E-state index contributed by atoms with van der Waals surface area (Å²) in [6.07, 6.45) is 2.60. The van der Waals surface area contributed by atoms with E-state index in [1.165, 1.54) is 0 Å². The van der Waals surface area contributed by atoms with Crippen molar-refractivity contribution in [3.8, 4) is 11.5 Å². The SMILES string of the molecule is COc1c(O)ccc2c1CCCOC2CCCl. The van der Waals surface area contributed by atoms with Crippen LogP contribution in [0.15, 0.2) is 12.1 Å². The van der Waals surface area contributed by atoms with Gasteiger partial charge in [-0.25, -0.2) is 0 Å². The first-order valence-corrected chi connectivity index (χ1v) is 6.37. The summed E-state index contributed by atoms with van der Waals surface area (Å²) in [5.41, 5.74) is 2.15. The second kappa shape index (κ2) is 5.61. The number of phenols is 1. The van der Waals surface area contributed by atoms with Gasteiger partial charge in [-0.1, -0.05) is 6.07 Å². The molecule has 2 rings (SSSR count). The van der Waals surface area contributed by atoms with Gasteiger partial charge in [0.1, 0.15) is 0 Å². The van der Waals surface area contributed by atoms with Crippen LogP contribution in [0, 0.1) is 0 Å². The van der Waals surface area contributed by atoms with Crippen molar-refractivity contribution in [2.24, 2.45) is 0 Å². The minimum absolute atomic E-state index is 0.0134. The second-order valence-electron chi connectivity index (χ2n) is 4.13. The molecule has 1 heterocycles. The molecule has 0 saturated carbocycles. The summed E-state index contributed by atoms with van der Waals surface area (Å²) >= 11 is 5.80. The molecule has 0 aromatic heterocycles. The van der Waals surface area contributed by atoms with Crippen LogP contribution in [0.25, 0.3) is 0 Å². The van der Waals surface area contributed by atoms with E-state index >= 15 is 0 Å². The molecule has 4 heteroatoms. The average molecular weight is 257 g/mol. The standard InChI is InChI=1S/C13H17ClO3/c1-16-13-10-3-2-8-17-12(6-7-14)9(10)4-5-11(13)15/h4-5,12,15H,2-3,6-8H2,1H3. The van der Waals surface area contributed by atoms with Crippen LogP contribution in [0.2, 0.25) is 0 Å². The van der Waals surface area contributed by atoms with Gasteiger partial charge in [0, 0.05) is 18.1 Å². The van der Waals surface area contributed by atoms with Crippen molar-refractivity contribution in [1.29, 1.82) is 0 Å². The van der Waals surface area contributed by atoms with E-state index in [4.69, 9.17) is 21.1 Å². The van der Waals surface area contributed by atoms with Crippen molar-refractivity contribution < 1.29 is 14.6 Å². The number of methoxy groups -OCH3 is 1. The number of ether oxygens (including phenoxy) is 2. The number of alkyl halides is 1. The summed E-state index contributed by atoms with van der Waals surface area (Å²) in [6.45, 7) is 0.722. The summed E-state index contributed by atoms with van der Waals surface area (Å²) in [5, 5.41) is 9.78. The second-order valence-corrected chi connectivity index (χ2v) is 4.50. The molecule has 94 valence electrons. The first kappa shape index (κ1) is 12.5. The number of halogens is 1. The number of benzene rings is 1. The van der Waals surface area contributed by atoms with Crippen LogP contribution in [-0.2, 0) is 11.2 Å². The number of phenolic OH excluding ortho intramolecular Hbond substituents is 1. The van der Waals surface area contributed by atoms with Gasteiger partial charge in [0.15, 0.2) is 11.5 Å². The minimum Gasteiger partial charge on any atom is -0.504 e. The molecule has 0 bridgehead atoms. The van der Waals surface area contributed by atoms with E-state index in [1.807, 2.05) is 6.07 Å². The Morgan fingerprint density at radius 1 is 1.53 bits per heavy atom. The fourth-order valence-corrected chi connectivity index (χ4v) is 2.52. The molecule has 0 radical (unpaired) electrons. The van der Waals surface area contributed by atoms with E-state index < -0.39 is 0 Å². The Hall–Kier alpha value is -0.930. The van der Waals surface area contributed by atoms with E-state index in [2.05, 4.69) is 0 Å². The molecule has 1 atom stereocenters. The predicted molar refractivity (Wildman–Crippen MR) is 67.0 cm³/mol. The smallest absolute Gasteiger partial charge is 0.164 e. The predicted octanol–water partition coefficient (Wildman–Crippen LogP) is 3.03. The Morgan fingerprint density at radius 3 is 3.06 bits per heavy atom. The van der Waals surface area contributed by atoms with Gasteiger partial charge in [0.2, 0.25) is 0 Å². The quantitative estimate of drug-likeness (QED) is 0.845. The number of fused-ring (bicyclic) bond motifs is 1. The molecule has 0 spiro atoms. The molecule has 1 unspecified atom stereocenters. The number of hydrogen-bond acceptors (Lipinski definition) is 3. The third-order valence-electron chi connectivity index (χ3n) is 3.09. The Bertz CT molecular complexity index is 392. The number of aromatic hydroxyl groups is 1. The molecule has 1 aromatic carbocycles. The Labute approximate surface area is 106 Å². The van der Waals surface area contributed by atoms with E-state index in [1.54, 1.807) is 13.2 Å². The van der Waals surface area contributed by atoms with Crippen LogP contribution in [0.1, 0.15) is 30.1 Å². The zero-order chi connectivity index (χ0) is 12.3. The van der Waals surface area contributed by atoms with Gasteiger partial charge in [-0.2, -0.15) is 0 Å². The van der Waals surface area contributed by atoms with E-state index in [0.717, 1.165) is 37.0 Å². The van der Waals surface area contributed by atoms with Crippen molar-refractivity contribution in [2.75, 3.05) is 19.6 Å². The molecule has 1 aliphatic heterocycles. The number of rotatable bonds is 3. The minimum atomic E-state index is 0.0134. The zero-order valence-electron chi connectivity index (χ0n) is 9.91. The van der Waals surface area contributed by atoms with Gasteiger partial charge in [-0.05, 0) is 30.9 Å². The fourth-order valence-electron chi connectivity index (χ4n) is 2.32. The normalized spacial score (nSPS) is 19.5. The van der Waals surface area contributed by atoms with Gasteiger partial charge in [-0.15, -0.1) is 11.6 Å². The van der Waals surface area contributed by atoms with Crippen LogP contribution in [0.3, 0.4) is 0 Å². The molecule has 0 fully saturated rings. The van der Waals surface area contributed by atoms with Crippen molar-refractivity contribution in [3.05, 3.63) is 23.3 Å². The lowest BCUT2D eigenvalue weighted by Gasteiger charge is -2.19. The van der Waals surface area contributed by atoms with Crippen LogP contribution < -0.4 is 4.74 Å². The van der Waals surface area contributed by atoms with Crippen molar-refractivity contribution in [3.63, 3.8) is 0 Å². The third-order valence-corrected chi connectivity index (χ3v) is 3.31. The lowest BCUT2D eigenvalue weighted by molar-refractivity contribution is 0.0545. The topological polar surface area (TPSA) is 38.7 Å². The van der Waals surface area contributed by atoms with Gasteiger partial charge >= 0.3 is 0 Å². The molecule has 1 aromatic rings. The van der Waals surface area contributed by atoms with Gasteiger partial charge in [-0.3, -0.25) is 0 Å². The number of hydrogen-bond donors (Lipinski definition) is 1. The highest BCUT2D eigenvalue weighted by Gasteiger charge is 2.23. The van der Waals surface area contributed by atoms with Crippen LogP contribution in [0.5, 0.6) is 11.5 Å². The van der Waals surface area contributed by atoms with Crippen molar-refractivity contribution >= 4 is 11.6 Å². The molecule has 1 N–H and O–H groups in total. The third kappa shape index (κ3) is 2.50. The molecular formula is C13H17ClO3. The largest absolute Gasteiger partial charge is 0.504 e. The molecule has 0 aliphatic carbocycles. The molecule has 17 heavy (non-hydrogen) atoms. The highest BCUT2D eigenvalue weighted by Crippen LogP contribution is 2.39. The van der Waals surface area contributed by atoms with Crippen molar-refractivity contribution in [1.82, 2.24) is 0 Å². The lowest BCUT2D eigenvalue weighted by atomic mass is 9.97. The summed E-state index contributed by atoms with van der Waals surface area (Å²) < 4.78 is 11.1. The van der Waals surface area contributed by atoms with E-state index in [9.17, 15) is 5.11 Å². The zero-order valence-corrected chi connectivity index (χ0v) is 10.7. The Morgan fingerprint density at radius 2 is 2.35 bits per heavy atom. The molecule has 3 nitrogen and oxygen atoms in total. The Kier molecular flexibility index (Phi) is 4.13. The summed E-state index contributed by atoms with van der Waals surface area (Å²) in [7, 11) is 1.58. The summed E-state index contributed by atoms with van der Waals surface area (Å²) in [4.78, 5) is 0. The average Bonchev–Trinajstić information content (AvgIpc) is 2.52. The van der Waals surface area contributed by atoms with Gasteiger partial charge in [0.05, 0.1) is 13.2 Å². The fraction of sp³-hybridized carbons (Fsp3) is 0.538. The highest BCUT2D eigenvalue weighted by molar-refractivity contribution is 6.17. The van der Waals surface area contributed by atoms with Crippen LogP contribution in [-0.4, -0.2) is 24.7 Å². The maximum Gasteiger partial charge on any atom is 0.164 e. The first-order valence-electron chi connectivity index (χ1n) is 5.84. The van der Waals surface area contributed by atoms with Gasteiger partial charge in [0.25, 0.3) is 0 Å². The lowest BCUT2D eigenvalue weighted by Crippen LogP contribution is -2.06. The summed E-state index contributed by atoms with van der Waals surface area (Å²) in [6, 6.07) is 3.57. The molecule has 0 amide bonds. The maximum absolute atomic E-state index is 9.78. The first-order chi connectivity index (χ1) is 8.27.